The van der Waals surface area contributed by atoms with E-state index < -0.39 is 43.1 Å². The second-order valence-electron chi connectivity index (χ2n) is 7.06. The van der Waals surface area contributed by atoms with Gasteiger partial charge in [0, 0.05) is 5.56 Å². The van der Waals surface area contributed by atoms with E-state index in [0.717, 1.165) is 12.8 Å². The molecule has 1 aromatic carbocycles. The van der Waals surface area contributed by atoms with Gasteiger partial charge >= 0.3 is 5.97 Å². The van der Waals surface area contributed by atoms with Gasteiger partial charge in [-0.05, 0) is 19.4 Å². The molecule has 1 fully saturated rings. The summed E-state index contributed by atoms with van der Waals surface area (Å²) >= 11 is 0. The summed E-state index contributed by atoms with van der Waals surface area (Å²) in [6.45, 7) is 3.32. The minimum atomic E-state index is -1.49. The topological polar surface area (TPSA) is 135 Å². The molecule has 0 bridgehead atoms. The van der Waals surface area contributed by atoms with Gasteiger partial charge in [-0.15, -0.1) is 0 Å². The molecule has 0 amide bonds. The van der Waals surface area contributed by atoms with Crippen molar-refractivity contribution in [2.24, 2.45) is 0 Å². The molecule has 2 aliphatic rings. The van der Waals surface area contributed by atoms with E-state index in [1.165, 1.54) is 13.2 Å². The Morgan fingerprint density at radius 1 is 1.29 bits per heavy atom. The first-order valence-electron chi connectivity index (χ1n) is 9.27. The van der Waals surface area contributed by atoms with Crippen molar-refractivity contribution in [3.8, 4) is 17.2 Å². The number of carbonyl (C=O) groups is 1. The van der Waals surface area contributed by atoms with Crippen LogP contribution in [0.3, 0.4) is 0 Å². The van der Waals surface area contributed by atoms with E-state index >= 15 is 0 Å². The molecule has 3 rings (SSSR count). The van der Waals surface area contributed by atoms with Crippen molar-refractivity contribution in [1.82, 2.24) is 0 Å². The van der Waals surface area contributed by atoms with Crippen LogP contribution in [0.2, 0.25) is 0 Å². The molecule has 0 radical (unpaired) electrons. The summed E-state index contributed by atoms with van der Waals surface area (Å²) in [4.78, 5) is 12.5. The summed E-state index contributed by atoms with van der Waals surface area (Å²) in [6.07, 6.45) is -4.87. The summed E-state index contributed by atoms with van der Waals surface area (Å²) in [7, 11) is 1.36. The van der Waals surface area contributed by atoms with Crippen LogP contribution in [0.25, 0.3) is 0 Å². The number of hydrogen-bond donors (Lipinski definition) is 4. The Kier molecular flexibility index (Phi) is 5.99. The highest BCUT2D eigenvalue weighted by atomic mass is 16.6. The lowest BCUT2D eigenvalue weighted by atomic mass is 9.86. The number of phenols is 1. The molecule has 1 unspecified atom stereocenters. The quantitative estimate of drug-likeness (QED) is 0.510. The van der Waals surface area contributed by atoms with Gasteiger partial charge in [-0.2, -0.15) is 0 Å². The predicted octanol–water partition coefficient (Wildman–Crippen LogP) is 0.661. The average molecular weight is 398 g/mol. The molecule has 28 heavy (non-hydrogen) atoms. The smallest absolute Gasteiger partial charge is 0.339 e. The van der Waals surface area contributed by atoms with Gasteiger partial charge in [-0.1, -0.05) is 13.3 Å². The van der Waals surface area contributed by atoms with Gasteiger partial charge in [0.15, 0.2) is 17.6 Å². The van der Waals surface area contributed by atoms with Gasteiger partial charge in [0.2, 0.25) is 5.75 Å². The number of aromatic hydroxyl groups is 1. The molecule has 4 N–H and O–H groups in total. The molecule has 1 aromatic rings. The minimum absolute atomic E-state index is 0.0125. The summed E-state index contributed by atoms with van der Waals surface area (Å²) < 4.78 is 22.0. The Balaban J connectivity index is 2.08. The number of fused-ring (bicyclic) bond motifs is 3. The zero-order chi connectivity index (χ0) is 20.6. The fraction of sp³-hybridized carbons (Fsp3) is 0.632. The maximum atomic E-state index is 12.5. The fourth-order valence-electron chi connectivity index (χ4n) is 3.71. The first-order chi connectivity index (χ1) is 13.3. The van der Waals surface area contributed by atoms with E-state index in [-0.39, 0.29) is 34.5 Å². The standard InChI is InChI=1S/C19H26O9/c1-4-5-8(2)26-10-6-9-12(14(22)16(10)25-3)17-18(28-19(9)24)15(23)13(21)11(7-20)27-17/h6,8,11,13,15,17-18,20-23H,4-5,7H2,1-3H3/t8?,11-,13-,15+,17+,18-/m1/s1. The van der Waals surface area contributed by atoms with Crippen LogP contribution in [0.5, 0.6) is 17.2 Å². The molecule has 156 valence electrons. The molecular formula is C19H26O9. The monoisotopic (exact) mass is 398 g/mol. The molecular weight excluding hydrogens is 372 g/mol. The normalized spacial score (nSPS) is 30.1. The first-order valence-corrected chi connectivity index (χ1v) is 9.27. The Hall–Kier alpha value is -2.07. The number of benzene rings is 1. The third kappa shape index (κ3) is 3.39. The SMILES string of the molecule is CCCC(C)Oc1cc2c(c(O)c1OC)[C@@H]1O[C@H](CO)[C@@H](O)[C@H](O)[C@H]1OC2=O. The van der Waals surface area contributed by atoms with Crippen LogP contribution in [-0.4, -0.2) is 70.6 Å². The fourth-order valence-corrected chi connectivity index (χ4v) is 3.71. The molecule has 0 aliphatic carbocycles. The van der Waals surface area contributed by atoms with Gasteiger partial charge in [0.25, 0.3) is 0 Å². The van der Waals surface area contributed by atoms with Gasteiger partial charge in [0.1, 0.15) is 24.4 Å². The second kappa shape index (κ2) is 8.12. The van der Waals surface area contributed by atoms with Gasteiger partial charge in [-0.3, -0.25) is 0 Å². The summed E-state index contributed by atoms with van der Waals surface area (Å²) in [5.41, 5.74) is 0.0801. The highest BCUT2D eigenvalue weighted by Gasteiger charge is 2.52. The summed E-state index contributed by atoms with van der Waals surface area (Å²) in [5, 5.41) is 40.6. The zero-order valence-corrected chi connectivity index (χ0v) is 16.0. The van der Waals surface area contributed by atoms with Crippen molar-refractivity contribution in [1.29, 1.82) is 0 Å². The van der Waals surface area contributed by atoms with Crippen LogP contribution in [0.4, 0.5) is 0 Å². The molecule has 0 saturated carbocycles. The molecule has 0 spiro atoms. The number of methoxy groups -OCH3 is 1. The summed E-state index contributed by atoms with van der Waals surface area (Å²) in [6, 6.07) is 1.41. The van der Waals surface area contributed by atoms with Crippen molar-refractivity contribution in [2.75, 3.05) is 13.7 Å². The van der Waals surface area contributed by atoms with E-state index in [1.807, 2.05) is 13.8 Å². The van der Waals surface area contributed by atoms with Gasteiger partial charge in [0.05, 0.1) is 25.4 Å². The van der Waals surface area contributed by atoms with Crippen molar-refractivity contribution < 1.29 is 44.2 Å². The van der Waals surface area contributed by atoms with E-state index in [2.05, 4.69) is 0 Å². The van der Waals surface area contributed by atoms with Crippen LogP contribution in [0.1, 0.15) is 48.7 Å². The van der Waals surface area contributed by atoms with Crippen LogP contribution in [-0.2, 0) is 9.47 Å². The van der Waals surface area contributed by atoms with Crippen molar-refractivity contribution >= 4 is 5.97 Å². The molecule has 6 atom stereocenters. The molecule has 0 aromatic heterocycles. The van der Waals surface area contributed by atoms with Crippen molar-refractivity contribution in [3.05, 3.63) is 17.2 Å². The van der Waals surface area contributed by atoms with Crippen molar-refractivity contribution in [2.45, 2.75) is 63.3 Å². The third-order valence-corrected chi connectivity index (χ3v) is 5.10. The number of rotatable bonds is 6. The van der Waals surface area contributed by atoms with Crippen LogP contribution < -0.4 is 9.47 Å². The maximum Gasteiger partial charge on any atom is 0.339 e. The van der Waals surface area contributed by atoms with E-state index in [4.69, 9.17) is 18.9 Å². The number of carbonyl (C=O) groups excluding carboxylic acids is 1. The lowest BCUT2D eigenvalue weighted by molar-refractivity contribution is -0.235. The van der Waals surface area contributed by atoms with E-state index in [0.29, 0.717) is 0 Å². The Morgan fingerprint density at radius 2 is 2.00 bits per heavy atom. The number of esters is 1. The highest BCUT2D eigenvalue weighted by Crippen LogP contribution is 2.50. The largest absolute Gasteiger partial charge is 0.504 e. The van der Waals surface area contributed by atoms with Crippen LogP contribution in [0.15, 0.2) is 6.07 Å². The van der Waals surface area contributed by atoms with E-state index in [1.54, 1.807) is 0 Å². The Morgan fingerprint density at radius 3 is 2.61 bits per heavy atom. The number of hydrogen-bond acceptors (Lipinski definition) is 9. The highest BCUT2D eigenvalue weighted by molar-refractivity contribution is 5.95. The molecule has 9 nitrogen and oxygen atoms in total. The number of ether oxygens (including phenoxy) is 4. The predicted molar refractivity (Wildman–Crippen MR) is 95.6 cm³/mol. The number of phenolic OH excluding ortho intramolecular Hbond substituents is 1. The molecule has 9 heteroatoms. The lowest BCUT2D eigenvalue weighted by Crippen LogP contribution is -2.58. The third-order valence-electron chi connectivity index (χ3n) is 5.10. The maximum absolute atomic E-state index is 12.5. The summed E-state index contributed by atoms with van der Waals surface area (Å²) in [5.74, 6) is -0.949. The number of aliphatic hydroxyl groups is 3. The first kappa shape index (κ1) is 20.7. The van der Waals surface area contributed by atoms with Crippen LogP contribution in [0, 0.1) is 0 Å². The van der Waals surface area contributed by atoms with Crippen molar-refractivity contribution in [3.63, 3.8) is 0 Å². The van der Waals surface area contributed by atoms with Gasteiger partial charge < -0.3 is 39.4 Å². The lowest BCUT2D eigenvalue weighted by Gasteiger charge is -2.44. The van der Waals surface area contributed by atoms with E-state index in [9.17, 15) is 25.2 Å². The number of aliphatic hydroxyl groups excluding tert-OH is 3. The average Bonchev–Trinajstić information content (AvgIpc) is 2.66. The Labute approximate surface area is 162 Å². The molecule has 1 saturated heterocycles. The van der Waals surface area contributed by atoms with Gasteiger partial charge in [-0.25, -0.2) is 4.79 Å². The van der Waals surface area contributed by atoms with Crippen LogP contribution >= 0.6 is 0 Å². The second-order valence-corrected chi connectivity index (χ2v) is 7.06. The Bertz CT molecular complexity index is 735. The molecule has 2 aliphatic heterocycles. The molecule has 2 heterocycles. The zero-order valence-electron chi connectivity index (χ0n) is 16.0. The minimum Gasteiger partial charge on any atom is -0.504 e.